The molecule has 1 aliphatic heterocycles. The lowest BCUT2D eigenvalue weighted by Gasteiger charge is -2.29. The average molecular weight is 405 g/mol. The van der Waals surface area contributed by atoms with Gasteiger partial charge in [-0.1, -0.05) is 24.8 Å². The largest absolute Gasteiger partial charge is 0.385 e. The topological polar surface area (TPSA) is 67.5 Å². The third-order valence-electron chi connectivity index (χ3n) is 6.84. The molecular formula is C25H28N2O3. The molecule has 2 N–H and O–H groups in total. The van der Waals surface area contributed by atoms with Gasteiger partial charge >= 0.3 is 0 Å². The van der Waals surface area contributed by atoms with Gasteiger partial charge in [-0.25, -0.2) is 4.98 Å². The Morgan fingerprint density at radius 1 is 1.23 bits per heavy atom. The van der Waals surface area contributed by atoms with Crippen molar-refractivity contribution >= 4 is 16.6 Å². The molecule has 0 bridgehead atoms. The number of pyridine rings is 1. The Morgan fingerprint density at radius 3 is 2.87 bits per heavy atom. The molecule has 0 saturated carbocycles. The zero-order valence-corrected chi connectivity index (χ0v) is 17.5. The fourth-order valence-corrected chi connectivity index (χ4v) is 5.07. The third-order valence-corrected chi connectivity index (χ3v) is 6.84. The number of benzene rings is 1. The van der Waals surface area contributed by atoms with Crippen molar-refractivity contribution in [3.63, 3.8) is 0 Å². The summed E-state index contributed by atoms with van der Waals surface area (Å²) in [5.41, 5.74) is 4.78. The van der Waals surface area contributed by atoms with Gasteiger partial charge in [0, 0.05) is 17.8 Å². The van der Waals surface area contributed by atoms with Gasteiger partial charge < -0.3 is 19.5 Å². The molecule has 5 nitrogen and oxygen atoms in total. The monoisotopic (exact) mass is 404 g/mol. The molecule has 1 fully saturated rings. The van der Waals surface area contributed by atoms with E-state index < -0.39 is 24.0 Å². The van der Waals surface area contributed by atoms with Gasteiger partial charge in [0.2, 0.25) is 0 Å². The van der Waals surface area contributed by atoms with Gasteiger partial charge in [-0.3, -0.25) is 0 Å². The summed E-state index contributed by atoms with van der Waals surface area (Å²) in [5, 5.41) is 23.3. The van der Waals surface area contributed by atoms with E-state index in [2.05, 4.69) is 23.7 Å². The Hall–Kier alpha value is -2.47. The summed E-state index contributed by atoms with van der Waals surface area (Å²) in [7, 11) is 0. The van der Waals surface area contributed by atoms with Crippen LogP contribution < -0.4 is 0 Å². The van der Waals surface area contributed by atoms with Crippen molar-refractivity contribution in [2.24, 2.45) is 0 Å². The molecule has 30 heavy (non-hydrogen) atoms. The van der Waals surface area contributed by atoms with E-state index in [1.165, 1.54) is 17.5 Å². The highest BCUT2D eigenvalue weighted by Crippen LogP contribution is 2.44. The number of aryl methyl sites for hydroxylation is 2. The number of aliphatic hydroxyl groups is 2. The molecule has 1 aromatic carbocycles. The van der Waals surface area contributed by atoms with Crippen molar-refractivity contribution in [2.45, 2.75) is 63.6 Å². The standard InChI is InChI=1S/C25H28N2O3/c1-15-11-13-26-23-18(15)12-14-27(23)24-21(28)25(3,29)22(30-24)16(2)19-10-6-8-17-7-4-5-9-20(17)19/h6,8,10-14,21-22,24,28-29H,2,4-5,7,9H2,1,3H3/t21-,22+,24+,25-/m0/s1. The number of nitrogens with zero attached hydrogens (tertiary/aromatic N) is 2. The van der Waals surface area contributed by atoms with E-state index in [1.54, 1.807) is 13.1 Å². The first-order chi connectivity index (χ1) is 14.4. The number of rotatable bonds is 3. The minimum Gasteiger partial charge on any atom is -0.385 e. The Bertz CT molecular complexity index is 1130. The molecule has 2 aliphatic rings. The van der Waals surface area contributed by atoms with Crippen LogP contribution in [0.2, 0.25) is 0 Å². The first-order valence-corrected chi connectivity index (χ1v) is 10.7. The van der Waals surface area contributed by atoms with E-state index >= 15 is 0 Å². The number of aromatic nitrogens is 2. The molecular weight excluding hydrogens is 376 g/mol. The van der Waals surface area contributed by atoms with Crippen molar-refractivity contribution in [2.75, 3.05) is 0 Å². The lowest BCUT2D eigenvalue weighted by molar-refractivity contribution is -0.0524. The second kappa shape index (κ2) is 7.05. The van der Waals surface area contributed by atoms with Crippen LogP contribution in [-0.4, -0.2) is 37.6 Å². The van der Waals surface area contributed by atoms with Crippen molar-refractivity contribution in [3.8, 4) is 0 Å². The Morgan fingerprint density at radius 2 is 2.03 bits per heavy atom. The minimum atomic E-state index is -1.47. The molecule has 5 heteroatoms. The molecule has 3 heterocycles. The Balaban J connectivity index is 1.53. The van der Waals surface area contributed by atoms with Gasteiger partial charge in [0.05, 0.1) is 0 Å². The lowest BCUT2D eigenvalue weighted by atomic mass is 9.81. The third kappa shape index (κ3) is 2.84. The normalized spacial score (nSPS) is 28.6. The summed E-state index contributed by atoms with van der Waals surface area (Å²) >= 11 is 0. The van der Waals surface area contributed by atoms with Crippen LogP contribution in [0.25, 0.3) is 16.6 Å². The van der Waals surface area contributed by atoms with Gasteiger partial charge in [-0.05, 0) is 79.5 Å². The average Bonchev–Trinajstić information content (AvgIpc) is 3.27. The number of fused-ring (bicyclic) bond motifs is 2. The molecule has 0 radical (unpaired) electrons. The number of aliphatic hydroxyl groups excluding tert-OH is 1. The summed E-state index contributed by atoms with van der Waals surface area (Å²) in [6, 6.07) is 10.2. The summed E-state index contributed by atoms with van der Waals surface area (Å²) in [5.74, 6) is 0. The van der Waals surface area contributed by atoms with E-state index in [9.17, 15) is 10.2 Å². The van der Waals surface area contributed by atoms with Gasteiger partial charge in [0.15, 0.2) is 6.23 Å². The summed E-state index contributed by atoms with van der Waals surface area (Å²) in [4.78, 5) is 4.48. The maximum Gasteiger partial charge on any atom is 0.165 e. The van der Waals surface area contributed by atoms with Gasteiger partial charge in [0.25, 0.3) is 0 Å². The van der Waals surface area contributed by atoms with Crippen molar-refractivity contribution in [3.05, 3.63) is 71.6 Å². The zero-order chi connectivity index (χ0) is 21.0. The molecule has 4 atom stereocenters. The molecule has 0 spiro atoms. The summed E-state index contributed by atoms with van der Waals surface area (Å²) in [6.45, 7) is 7.98. The van der Waals surface area contributed by atoms with E-state index in [-0.39, 0.29) is 0 Å². The smallest absolute Gasteiger partial charge is 0.165 e. The molecule has 0 amide bonds. The van der Waals surface area contributed by atoms with Crippen LogP contribution in [0.3, 0.4) is 0 Å². The lowest BCUT2D eigenvalue weighted by Crippen LogP contribution is -2.45. The molecule has 3 aromatic rings. The van der Waals surface area contributed by atoms with Crippen molar-refractivity contribution < 1.29 is 14.9 Å². The second-order valence-electron chi connectivity index (χ2n) is 8.84. The van der Waals surface area contributed by atoms with Crippen LogP contribution in [0.15, 0.2) is 49.3 Å². The molecule has 2 aromatic heterocycles. The predicted octanol–water partition coefficient (Wildman–Crippen LogP) is 3.95. The first-order valence-electron chi connectivity index (χ1n) is 10.7. The predicted molar refractivity (Wildman–Crippen MR) is 117 cm³/mol. The highest BCUT2D eigenvalue weighted by Gasteiger charge is 2.54. The van der Waals surface area contributed by atoms with Crippen LogP contribution in [-0.2, 0) is 17.6 Å². The number of hydrogen-bond acceptors (Lipinski definition) is 4. The van der Waals surface area contributed by atoms with Crippen LogP contribution in [0, 0.1) is 6.92 Å². The maximum absolute atomic E-state index is 11.3. The van der Waals surface area contributed by atoms with E-state index in [0.29, 0.717) is 0 Å². The fourth-order valence-electron chi connectivity index (χ4n) is 5.07. The highest BCUT2D eigenvalue weighted by molar-refractivity contribution is 5.80. The fraction of sp³-hybridized carbons (Fsp3) is 0.400. The van der Waals surface area contributed by atoms with E-state index in [1.807, 2.05) is 35.9 Å². The molecule has 0 unspecified atom stereocenters. The van der Waals surface area contributed by atoms with Crippen LogP contribution in [0.4, 0.5) is 0 Å². The van der Waals surface area contributed by atoms with Crippen LogP contribution in [0.1, 0.15) is 48.2 Å². The summed E-state index contributed by atoms with van der Waals surface area (Å²) < 4.78 is 8.13. The van der Waals surface area contributed by atoms with Crippen molar-refractivity contribution in [1.82, 2.24) is 9.55 Å². The first kappa shape index (κ1) is 19.5. The van der Waals surface area contributed by atoms with E-state index in [4.69, 9.17) is 4.74 Å². The number of hydrogen-bond donors (Lipinski definition) is 2. The molecule has 1 saturated heterocycles. The van der Waals surface area contributed by atoms with E-state index in [0.717, 1.165) is 47.0 Å². The minimum absolute atomic E-state index is 0.715. The maximum atomic E-state index is 11.3. The highest BCUT2D eigenvalue weighted by atomic mass is 16.6. The SMILES string of the molecule is C=C(c1cccc2c1CCCC2)[C@H]1O[C@@H](n2ccc3c(C)ccnc32)[C@H](O)[C@]1(C)O. The zero-order valence-electron chi connectivity index (χ0n) is 17.5. The number of ether oxygens (including phenoxy) is 1. The van der Waals surface area contributed by atoms with Crippen LogP contribution in [0.5, 0.6) is 0 Å². The van der Waals surface area contributed by atoms with Gasteiger partial charge in [-0.2, -0.15) is 0 Å². The van der Waals surface area contributed by atoms with Crippen LogP contribution >= 0.6 is 0 Å². The van der Waals surface area contributed by atoms with Gasteiger partial charge in [-0.15, -0.1) is 0 Å². The quantitative estimate of drug-likeness (QED) is 0.694. The van der Waals surface area contributed by atoms with Gasteiger partial charge in [0.1, 0.15) is 23.5 Å². The molecule has 5 rings (SSSR count). The summed E-state index contributed by atoms with van der Waals surface area (Å²) in [6.07, 6.45) is 5.49. The molecule has 1 aliphatic carbocycles. The Labute approximate surface area is 176 Å². The second-order valence-corrected chi connectivity index (χ2v) is 8.84. The Kier molecular flexibility index (Phi) is 4.58. The molecule has 156 valence electrons. The van der Waals surface area contributed by atoms with Crippen molar-refractivity contribution in [1.29, 1.82) is 0 Å².